The molecule has 0 heterocycles. The average Bonchev–Trinajstić information content (AvgIpc) is 2.37. The molecular formula is C15H24N2O2. The third kappa shape index (κ3) is 4.91. The van der Waals surface area contributed by atoms with E-state index in [1.54, 1.807) is 11.9 Å². The molecule has 0 aliphatic carbocycles. The summed E-state index contributed by atoms with van der Waals surface area (Å²) in [6.45, 7) is 6.47. The van der Waals surface area contributed by atoms with Crippen LogP contribution in [-0.2, 0) is 4.79 Å². The fourth-order valence-electron chi connectivity index (χ4n) is 1.68. The smallest absolute Gasteiger partial charge is 0.227 e. The molecule has 1 rings (SSSR count). The van der Waals surface area contributed by atoms with Gasteiger partial charge < -0.3 is 15.4 Å². The summed E-state index contributed by atoms with van der Waals surface area (Å²) in [6, 6.07) is 7.54. The van der Waals surface area contributed by atoms with Crippen LogP contribution in [0.15, 0.2) is 24.3 Å². The average molecular weight is 264 g/mol. The van der Waals surface area contributed by atoms with Crippen molar-refractivity contribution in [3.8, 4) is 5.75 Å². The summed E-state index contributed by atoms with van der Waals surface area (Å²) in [4.78, 5) is 13.7. The first-order chi connectivity index (χ1) is 8.93. The molecule has 1 aromatic carbocycles. The second-order valence-electron chi connectivity index (χ2n) is 5.16. The van der Waals surface area contributed by atoms with Gasteiger partial charge in [0.25, 0.3) is 0 Å². The first-order valence-electron chi connectivity index (χ1n) is 6.67. The van der Waals surface area contributed by atoms with Gasteiger partial charge in [-0.1, -0.05) is 6.92 Å². The Bertz CT molecular complexity index is 401. The molecule has 0 saturated carbocycles. The Hall–Kier alpha value is -1.55. The van der Waals surface area contributed by atoms with E-state index < -0.39 is 0 Å². The molecule has 1 atom stereocenters. The fourth-order valence-corrected chi connectivity index (χ4v) is 1.68. The van der Waals surface area contributed by atoms with Crippen molar-refractivity contribution >= 4 is 11.6 Å². The molecule has 4 heteroatoms. The van der Waals surface area contributed by atoms with E-state index in [0.29, 0.717) is 13.0 Å². The van der Waals surface area contributed by atoms with Crippen LogP contribution in [0.4, 0.5) is 5.69 Å². The normalized spacial score (nSPS) is 12.3. The quantitative estimate of drug-likeness (QED) is 0.858. The van der Waals surface area contributed by atoms with Crippen molar-refractivity contribution in [1.29, 1.82) is 0 Å². The first kappa shape index (κ1) is 15.5. The maximum absolute atomic E-state index is 12.0. The van der Waals surface area contributed by atoms with Crippen molar-refractivity contribution in [3.05, 3.63) is 24.3 Å². The van der Waals surface area contributed by atoms with Gasteiger partial charge in [-0.15, -0.1) is 0 Å². The molecule has 0 aliphatic heterocycles. The zero-order chi connectivity index (χ0) is 14.4. The van der Waals surface area contributed by atoms with Gasteiger partial charge in [-0.2, -0.15) is 0 Å². The highest BCUT2D eigenvalue weighted by atomic mass is 16.5. The number of nitrogens with two attached hydrogens (primary N) is 1. The Morgan fingerprint density at radius 2 is 1.84 bits per heavy atom. The number of nitrogens with zero attached hydrogens (tertiary/aromatic N) is 1. The Kier molecular flexibility index (Phi) is 5.83. The van der Waals surface area contributed by atoms with Crippen molar-refractivity contribution in [1.82, 2.24) is 0 Å². The Morgan fingerprint density at radius 1 is 1.26 bits per heavy atom. The number of hydrogen-bond acceptors (Lipinski definition) is 3. The van der Waals surface area contributed by atoms with Crippen LogP contribution in [0.5, 0.6) is 5.75 Å². The summed E-state index contributed by atoms with van der Waals surface area (Å²) < 4.78 is 5.57. The highest BCUT2D eigenvalue weighted by molar-refractivity contribution is 5.92. The van der Waals surface area contributed by atoms with Crippen molar-refractivity contribution in [2.24, 2.45) is 11.7 Å². The lowest BCUT2D eigenvalue weighted by atomic mass is 10.1. The molecule has 0 saturated heterocycles. The summed E-state index contributed by atoms with van der Waals surface area (Å²) in [6.07, 6.45) is 0.618. The molecule has 19 heavy (non-hydrogen) atoms. The lowest BCUT2D eigenvalue weighted by Crippen LogP contribution is -2.29. The molecule has 2 N–H and O–H groups in total. The maximum atomic E-state index is 12.0. The van der Waals surface area contributed by atoms with E-state index in [0.717, 1.165) is 11.4 Å². The van der Waals surface area contributed by atoms with E-state index in [4.69, 9.17) is 10.5 Å². The number of ether oxygens (including phenoxy) is 1. The number of hydrogen-bond donors (Lipinski definition) is 1. The second kappa shape index (κ2) is 7.14. The minimum absolute atomic E-state index is 0.0791. The van der Waals surface area contributed by atoms with Crippen molar-refractivity contribution in [2.75, 3.05) is 18.5 Å². The molecule has 106 valence electrons. The third-order valence-corrected chi connectivity index (χ3v) is 2.90. The second-order valence-corrected chi connectivity index (χ2v) is 5.16. The van der Waals surface area contributed by atoms with E-state index >= 15 is 0 Å². The zero-order valence-electron chi connectivity index (χ0n) is 12.2. The van der Waals surface area contributed by atoms with E-state index in [2.05, 4.69) is 0 Å². The maximum Gasteiger partial charge on any atom is 0.227 e. The molecule has 0 fully saturated rings. The van der Waals surface area contributed by atoms with Crippen LogP contribution in [0.1, 0.15) is 27.2 Å². The zero-order valence-corrected chi connectivity index (χ0v) is 12.2. The number of carbonyl (C=O) groups is 1. The van der Waals surface area contributed by atoms with Gasteiger partial charge in [0, 0.05) is 19.2 Å². The SMILES string of the molecule is CC(CN)CC(=O)N(C)c1ccc(OC(C)C)cc1. The van der Waals surface area contributed by atoms with E-state index in [9.17, 15) is 4.79 Å². The topological polar surface area (TPSA) is 55.6 Å². The van der Waals surface area contributed by atoms with Crippen LogP contribution >= 0.6 is 0 Å². The molecule has 4 nitrogen and oxygen atoms in total. The van der Waals surface area contributed by atoms with Gasteiger partial charge in [0.05, 0.1) is 6.10 Å². The van der Waals surface area contributed by atoms with Crippen LogP contribution in [0.25, 0.3) is 0 Å². The monoisotopic (exact) mass is 264 g/mol. The van der Waals surface area contributed by atoms with Gasteiger partial charge in [-0.3, -0.25) is 4.79 Å². The Morgan fingerprint density at radius 3 is 2.32 bits per heavy atom. The Labute approximate surface area is 115 Å². The summed E-state index contributed by atoms with van der Waals surface area (Å²) in [5.74, 6) is 1.10. The van der Waals surface area contributed by atoms with Crippen LogP contribution in [-0.4, -0.2) is 25.6 Å². The summed E-state index contributed by atoms with van der Waals surface area (Å²) in [5, 5.41) is 0. The number of anilines is 1. The number of rotatable bonds is 6. The molecule has 0 aliphatic rings. The molecule has 0 bridgehead atoms. The van der Waals surface area contributed by atoms with E-state index in [1.165, 1.54) is 0 Å². The molecule has 1 amide bonds. The van der Waals surface area contributed by atoms with Gasteiger partial charge in [-0.25, -0.2) is 0 Å². The lowest BCUT2D eigenvalue weighted by Gasteiger charge is -2.20. The van der Waals surface area contributed by atoms with Crippen molar-refractivity contribution in [3.63, 3.8) is 0 Å². The lowest BCUT2D eigenvalue weighted by molar-refractivity contribution is -0.119. The fraction of sp³-hybridized carbons (Fsp3) is 0.533. The van der Waals surface area contributed by atoms with Gasteiger partial charge in [0.1, 0.15) is 5.75 Å². The van der Waals surface area contributed by atoms with Crippen LogP contribution < -0.4 is 15.4 Å². The van der Waals surface area contributed by atoms with Crippen molar-refractivity contribution < 1.29 is 9.53 Å². The molecule has 1 unspecified atom stereocenters. The summed E-state index contributed by atoms with van der Waals surface area (Å²) >= 11 is 0. The van der Waals surface area contributed by atoms with Crippen LogP contribution in [0.3, 0.4) is 0 Å². The molecule has 0 spiro atoms. The summed E-state index contributed by atoms with van der Waals surface area (Å²) in [7, 11) is 1.78. The minimum Gasteiger partial charge on any atom is -0.491 e. The van der Waals surface area contributed by atoms with Gasteiger partial charge >= 0.3 is 0 Å². The minimum atomic E-state index is 0.0791. The van der Waals surface area contributed by atoms with Crippen molar-refractivity contribution in [2.45, 2.75) is 33.3 Å². The third-order valence-electron chi connectivity index (χ3n) is 2.90. The van der Waals surface area contributed by atoms with Gasteiger partial charge in [0.2, 0.25) is 5.91 Å². The standard InChI is InChI=1S/C15H24N2O2/c1-11(2)19-14-7-5-13(6-8-14)17(4)15(18)9-12(3)10-16/h5-8,11-12H,9-10,16H2,1-4H3. The highest BCUT2D eigenvalue weighted by Gasteiger charge is 2.14. The largest absolute Gasteiger partial charge is 0.491 e. The van der Waals surface area contributed by atoms with Crippen LogP contribution in [0, 0.1) is 5.92 Å². The molecule has 0 aromatic heterocycles. The molecule has 0 radical (unpaired) electrons. The van der Waals surface area contributed by atoms with E-state index in [-0.39, 0.29) is 17.9 Å². The van der Waals surface area contributed by atoms with Crippen LogP contribution in [0.2, 0.25) is 0 Å². The van der Waals surface area contributed by atoms with Gasteiger partial charge in [-0.05, 0) is 50.6 Å². The molecule has 1 aromatic rings. The van der Waals surface area contributed by atoms with E-state index in [1.807, 2.05) is 45.0 Å². The number of carbonyl (C=O) groups excluding carboxylic acids is 1. The first-order valence-corrected chi connectivity index (χ1v) is 6.67. The Balaban J connectivity index is 2.66. The number of benzene rings is 1. The summed E-state index contributed by atoms with van der Waals surface area (Å²) in [5.41, 5.74) is 6.40. The predicted molar refractivity (Wildman–Crippen MR) is 78.5 cm³/mol. The highest BCUT2D eigenvalue weighted by Crippen LogP contribution is 2.20. The predicted octanol–water partition coefficient (Wildman–Crippen LogP) is 2.42. The van der Waals surface area contributed by atoms with Gasteiger partial charge in [0.15, 0.2) is 0 Å². The number of amides is 1. The molecular weight excluding hydrogens is 240 g/mol.